The second-order valence-corrected chi connectivity index (χ2v) is 9.87. The predicted octanol–water partition coefficient (Wildman–Crippen LogP) is 0.758. The van der Waals surface area contributed by atoms with E-state index in [1.54, 1.807) is 26.0 Å². The van der Waals surface area contributed by atoms with E-state index in [1.165, 1.54) is 12.1 Å². The molecule has 0 aromatic heterocycles. The Morgan fingerprint density at radius 2 is 1.42 bits per heavy atom. The zero-order chi connectivity index (χ0) is 29.0. The Kier molecular flexibility index (Phi) is 13.2. The smallest absolute Gasteiger partial charge is 0.326 e. The van der Waals surface area contributed by atoms with Crippen molar-refractivity contribution in [2.24, 2.45) is 17.6 Å². The molecule has 0 bridgehead atoms. The van der Waals surface area contributed by atoms with Gasteiger partial charge in [-0.3, -0.25) is 19.2 Å². The van der Waals surface area contributed by atoms with Crippen molar-refractivity contribution in [1.82, 2.24) is 16.0 Å². The molecule has 0 heterocycles. The van der Waals surface area contributed by atoms with Crippen molar-refractivity contribution >= 4 is 29.7 Å². The summed E-state index contributed by atoms with van der Waals surface area (Å²) >= 11 is 0. The molecule has 0 saturated heterocycles. The lowest BCUT2D eigenvalue weighted by atomic mass is 9.98. The molecular formula is C26H40N4O8. The molecule has 38 heavy (non-hydrogen) atoms. The fraction of sp³-hybridized carbons (Fsp3) is 0.577. The molecule has 0 fully saturated rings. The molecule has 0 spiro atoms. The number of carbonyl (C=O) groups excluding carboxylic acids is 3. The van der Waals surface area contributed by atoms with Crippen LogP contribution in [-0.4, -0.2) is 69.1 Å². The zero-order valence-corrected chi connectivity index (χ0v) is 22.3. The lowest BCUT2D eigenvalue weighted by Gasteiger charge is -2.26. The van der Waals surface area contributed by atoms with E-state index < -0.39 is 66.2 Å². The lowest BCUT2D eigenvalue weighted by Crippen LogP contribution is -2.58. The van der Waals surface area contributed by atoms with Crippen LogP contribution in [0.5, 0.6) is 5.75 Å². The van der Waals surface area contributed by atoms with E-state index in [4.69, 9.17) is 10.8 Å². The number of benzene rings is 1. The Hall–Kier alpha value is -3.67. The fourth-order valence-electron chi connectivity index (χ4n) is 3.72. The Morgan fingerprint density at radius 1 is 0.868 bits per heavy atom. The van der Waals surface area contributed by atoms with Crippen molar-refractivity contribution in [3.63, 3.8) is 0 Å². The number of carbonyl (C=O) groups is 5. The molecule has 8 N–H and O–H groups in total. The Balaban J connectivity index is 3.19. The van der Waals surface area contributed by atoms with Crippen molar-refractivity contribution < 1.29 is 39.3 Å². The second kappa shape index (κ2) is 15.6. The quantitative estimate of drug-likeness (QED) is 0.159. The van der Waals surface area contributed by atoms with E-state index in [0.29, 0.717) is 18.4 Å². The van der Waals surface area contributed by atoms with Gasteiger partial charge in [-0.25, -0.2) is 4.79 Å². The van der Waals surface area contributed by atoms with Crippen molar-refractivity contribution in [2.75, 3.05) is 0 Å². The van der Waals surface area contributed by atoms with E-state index in [1.807, 2.05) is 13.8 Å². The average molecular weight is 537 g/mol. The normalized spacial score (nSPS) is 15.0. The van der Waals surface area contributed by atoms with Crippen LogP contribution in [0.4, 0.5) is 0 Å². The topological polar surface area (TPSA) is 208 Å². The van der Waals surface area contributed by atoms with E-state index >= 15 is 0 Å². The first-order chi connectivity index (χ1) is 17.7. The molecule has 0 aliphatic heterocycles. The minimum Gasteiger partial charge on any atom is -0.508 e. The summed E-state index contributed by atoms with van der Waals surface area (Å²) in [4.78, 5) is 61.9. The first-order valence-electron chi connectivity index (χ1n) is 12.6. The highest BCUT2D eigenvalue weighted by molar-refractivity contribution is 5.94. The summed E-state index contributed by atoms with van der Waals surface area (Å²) in [6, 6.07) is 1.29. The van der Waals surface area contributed by atoms with Crippen molar-refractivity contribution in [2.45, 2.75) is 84.0 Å². The molecule has 12 nitrogen and oxygen atoms in total. The zero-order valence-electron chi connectivity index (χ0n) is 22.3. The molecule has 0 aliphatic carbocycles. The molecule has 12 heteroatoms. The maximum Gasteiger partial charge on any atom is 0.326 e. The molecule has 1 rings (SSSR count). The van der Waals surface area contributed by atoms with Gasteiger partial charge in [0.15, 0.2) is 0 Å². The van der Waals surface area contributed by atoms with Gasteiger partial charge < -0.3 is 37.0 Å². The first kappa shape index (κ1) is 32.4. The van der Waals surface area contributed by atoms with Gasteiger partial charge in [-0.2, -0.15) is 0 Å². The number of hydrogen-bond acceptors (Lipinski definition) is 7. The highest BCUT2D eigenvalue weighted by Crippen LogP contribution is 2.13. The van der Waals surface area contributed by atoms with Crippen molar-refractivity contribution in [3.05, 3.63) is 29.8 Å². The largest absolute Gasteiger partial charge is 0.508 e. The van der Waals surface area contributed by atoms with Gasteiger partial charge in [0, 0.05) is 12.8 Å². The van der Waals surface area contributed by atoms with Crippen LogP contribution >= 0.6 is 0 Å². The lowest BCUT2D eigenvalue weighted by molar-refractivity contribution is -0.144. The van der Waals surface area contributed by atoms with Gasteiger partial charge in [0.2, 0.25) is 17.7 Å². The molecule has 5 atom stereocenters. The molecule has 0 saturated carbocycles. The number of rotatable bonds is 16. The van der Waals surface area contributed by atoms with Gasteiger partial charge >= 0.3 is 11.9 Å². The average Bonchev–Trinajstić information content (AvgIpc) is 2.84. The van der Waals surface area contributed by atoms with Crippen molar-refractivity contribution in [3.8, 4) is 5.75 Å². The summed E-state index contributed by atoms with van der Waals surface area (Å²) in [6.45, 7) is 7.19. The monoisotopic (exact) mass is 536 g/mol. The predicted molar refractivity (Wildman–Crippen MR) is 139 cm³/mol. The highest BCUT2D eigenvalue weighted by Gasteiger charge is 2.32. The number of nitrogens with two attached hydrogens (primary N) is 1. The fourth-order valence-corrected chi connectivity index (χ4v) is 3.72. The number of amides is 3. The molecule has 0 radical (unpaired) electrons. The minimum absolute atomic E-state index is 0.00978. The maximum atomic E-state index is 13.3. The number of aromatic hydroxyl groups is 1. The molecule has 1 aromatic carbocycles. The van der Waals surface area contributed by atoms with Crippen LogP contribution < -0.4 is 21.7 Å². The summed E-state index contributed by atoms with van der Waals surface area (Å²) in [5, 5.41) is 35.7. The number of carboxylic acid groups (broad SMARTS) is 2. The molecule has 1 aromatic rings. The number of nitrogens with one attached hydrogen (secondary N) is 3. The number of aliphatic carboxylic acids is 2. The van der Waals surface area contributed by atoms with Gasteiger partial charge in [-0.15, -0.1) is 0 Å². The number of phenols is 1. The Labute approximate surface area is 222 Å². The Morgan fingerprint density at radius 3 is 1.92 bits per heavy atom. The third-order valence-corrected chi connectivity index (χ3v) is 6.13. The standard InChI is InChI=1S/C26H40N4O8/c1-5-15(4)22(26(37)38)30-24(35)19(10-11-21(32)33)28-25(36)20(13-16-6-8-17(31)9-7-16)29-23(34)18(27)12-14(2)3/h6-9,14-15,18-20,22,31H,5,10-13,27H2,1-4H3,(H,28,36)(H,29,34)(H,30,35)(H,32,33)(H,37,38). The van der Waals surface area contributed by atoms with E-state index in [-0.39, 0.29) is 24.5 Å². The van der Waals surface area contributed by atoms with Gasteiger partial charge in [0.1, 0.15) is 23.9 Å². The summed E-state index contributed by atoms with van der Waals surface area (Å²) < 4.78 is 0. The van der Waals surface area contributed by atoms with Gasteiger partial charge in [-0.05, 0) is 42.4 Å². The number of hydrogen-bond donors (Lipinski definition) is 7. The number of carboxylic acids is 2. The van der Waals surface area contributed by atoms with E-state index in [9.17, 15) is 34.2 Å². The second-order valence-electron chi connectivity index (χ2n) is 9.87. The van der Waals surface area contributed by atoms with Crippen LogP contribution in [-0.2, 0) is 30.4 Å². The van der Waals surface area contributed by atoms with Crippen LogP contribution in [0.1, 0.15) is 58.9 Å². The Bertz CT molecular complexity index is 966. The van der Waals surface area contributed by atoms with Crippen LogP contribution in [0.25, 0.3) is 0 Å². The van der Waals surface area contributed by atoms with Crippen LogP contribution in [0.3, 0.4) is 0 Å². The minimum atomic E-state index is -1.37. The number of phenolic OH excluding ortho intramolecular Hbond substituents is 1. The van der Waals surface area contributed by atoms with Crippen molar-refractivity contribution in [1.29, 1.82) is 0 Å². The summed E-state index contributed by atoms with van der Waals surface area (Å²) in [6.07, 6.45) is 0.0559. The molecule has 3 amide bonds. The van der Waals surface area contributed by atoms with Gasteiger partial charge in [-0.1, -0.05) is 46.2 Å². The highest BCUT2D eigenvalue weighted by atomic mass is 16.4. The molecular weight excluding hydrogens is 496 g/mol. The molecule has 0 aliphatic rings. The third-order valence-electron chi connectivity index (χ3n) is 6.13. The maximum absolute atomic E-state index is 13.3. The molecule has 212 valence electrons. The van der Waals surface area contributed by atoms with Crippen LogP contribution in [0.15, 0.2) is 24.3 Å². The van der Waals surface area contributed by atoms with E-state index in [0.717, 1.165) is 0 Å². The summed E-state index contributed by atoms with van der Waals surface area (Å²) in [5.41, 5.74) is 6.57. The summed E-state index contributed by atoms with van der Waals surface area (Å²) in [5.74, 6) is -4.95. The van der Waals surface area contributed by atoms with Gasteiger partial charge in [0.05, 0.1) is 6.04 Å². The SMILES string of the molecule is CCC(C)C(NC(=O)C(CCC(=O)O)NC(=O)C(Cc1ccc(O)cc1)NC(=O)C(N)CC(C)C)C(=O)O. The third kappa shape index (κ3) is 11.2. The van der Waals surface area contributed by atoms with Gasteiger partial charge in [0.25, 0.3) is 0 Å². The molecule has 5 unspecified atom stereocenters. The first-order valence-corrected chi connectivity index (χ1v) is 12.6. The van der Waals surface area contributed by atoms with E-state index in [2.05, 4.69) is 16.0 Å². The van der Waals surface area contributed by atoms with Crippen LogP contribution in [0, 0.1) is 11.8 Å². The van der Waals surface area contributed by atoms with Crippen LogP contribution in [0.2, 0.25) is 0 Å². The summed E-state index contributed by atoms with van der Waals surface area (Å²) in [7, 11) is 0.